The predicted molar refractivity (Wildman–Crippen MR) is 90.4 cm³/mol. The van der Waals surface area contributed by atoms with Gasteiger partial charge in [-0.05, 0) is 6.07 Å². The Morgan fingerprint density at radius 1 is 0.957 bits per heavy atom. The second-order valence-electron chi connectivity index (χ2n) is 5.54. The lowest BCUT2D eigenvalue weighted by atomic mass is 10.3. The molecule has 0 aliphatic heterocycles. The molecule has 1 aromatic rings. The Labute approximate surface area is 137 Å². The summed E-state index contributed by atoms with van der Waals surface area (Å²) < 4.78 is 4.98. The second kappa shape index (κ2) is 9.93. The highest BCUT2D eigenvalue weighted by Gasteiger charge is 2.39. The zero-order chi connectivity index (χ0) is 17.3. The fraction of sp³-hybridized carbons (Fsp3) is 0.625. The van der Waals surface area contributed by atoms with Crippen LogP contribution in [0.3, 0.4) is 0 Å². The number of aliphatic hydroxyl groups excluding tert-OH is 3. The van der Waals surface area contributed by atoms with E-state index in [4.69, 9.17) is 4.74 Å². The average Bonchev–Trinajstić information content (AvgIpc) is 2.56. The molecule has 1 aromatic carbocycles. The molecule has 0 fully saturated rings. The van der Waals surface area contributed by atoms with Gasteiger partial charge in [-0.25, -0.2) is 0 Å². The van der Waals surface area contributed by atoms with Gasteiger partial charge >= 0.3 is 0 Å². The van der Waals surface area contributed by atoms with Gasteiger partial charge in [0.05, 0.1) is 30.9 Å². The number of methoxy groups -OCH3 is 1. The minimum absolute atomic E-state index is 0.0241. The standard InChI is InChI=1S/C16H27O6P/c1-22-15-11-14(21)16(12-13(15)20)23(8-2-5-17,9-3-6-18)10-4-7-19/h11-12,17-19H,2-10H2,1H3,(H-,20,21). The zero-order valence-electron chi connectivity index (χ0n) is 13.6. The molecule has 0 radical (unpaired) electrons. The van der Waals surface area contributed by atoms with E-state index in [-0.39, 0.29) is 37.1 Å². The summed E-state index contributed by atoms with van der Waals surface area (Å²) in [5.74, 6) is -0.131. The molecule has 0 aliphatic rings. The van der Waals surface area contributed by atoms with Crippen LogP contribution >= 0.6 is 7.26 Å². The van der Waals surface area contributed by atoms with Gasteiger partial charge in [-0.3, -0.25) is 0 Å². The lowest BCUT2D eigenvalue weighted by Gasteiger charge is -2.31. The van der Waals surface area contributed by atoms with Crippen molar-refractivity contribution in [2.45, 2.75) is 19.3 Å². The topological polar surface area (TPSA) is 113 Å². The first-order valence-electron chi connectivity index (χ1n) is 7.82. The molecule has 4 N–H and O–H groups in total. The van der Waals surface area contributed by atoms with E-state index in [1.54, 1.807) is 0 Å². The third kappa shape index (κ3) is 5.21. The minimum atomic E-state index is -2.00. The maximum Gasteiger partial charge on any atom is 0.161 e. The molecule has 0 bridgehead atoms. The first-order valence-corrected chi connectivity index (χ1v) is 10.2. The molecule has 132 valence electrons. The minimum Gasteiger partial charge on any atom is -0.870 e. The molecule has 0 saturated carbocycles. The molecule has 23 heavy (non-hydrogen) atoms. The van der Waals surface area contributed by atoms with Crippen LogP contribution in [0.4, 0.5) is 0 Å². The molecule has 0 aromatic heterocycles. The van der Waals surface area contributed by atoms with Crippen molar-refractivity contribution < 1.29 is 30.3 Å². The summed E-state index contributed by atoms with van der Waals surface area (Å²) in [5.41, 5.74) is 0. The van der Waals surface area contributed by atoms with Gasteiger partial charge in [-0.1, -0.05) is 5.75 Å². The highest BCUT2D eigenvalue weighted by molar-refractivity contribution is 7.83. The maximum absolute atomic E-state index is 12.5. The second-order valence-corrected chi connectivity index (χ2v) is 9.65. The summed E-state index contributed by atoms with van der Waals surface area (Å²) in [7, 11) is -0.612. The Morgan fingerprint density at radius 3 is 1.83 bits per heavy atom. The third-order valence-electron chi connectivity index (χ3n) is 4.00. The third-order valence-corrected chi connectivity index (χ3v) is 8.89. The summed E-state index contributed by atoms with van der Waals surface area (Å²) in [5, 5.41) is 50.8. The lowest BCUT2D eigenvalue weighted by Crippen LogP contribution is -2.25. The van der Waals surface area contributed by atoms with E-state index in [0.717, 1.165) is 0 Å². The largest absolute Gasteiger partial charge is 0.870 e. The number of ether oxygens (including phenoxy) is 1. The molecule has 0 spiro atoms. The summed E-state index contributed by atoms with van der Waals surface area (Å²) in [4.78, 5) is 0. The van der Waals surface area contributed by atoms with Crippen molar-refractivity contribution in [3.05, 3.63) is 12.1 Å². The van der Waals surface area contributed by atoms with E-state index in [0.29, 0.717) is 43.1 Å². The Balaban J connectivity index is 3.31. The average molecular weight is 346 g/mol. The molecular weight excluding hydrogens is 319 g/mol. The first kappa shape index (κ1) is 20.0. The van der Waals surface area contributed by atoms with Crippen LogP contribution in [0.5, 0.6) is 17.2 Å². The molecule has 0 atom stereocenters. The van der Waals surface area contributed by atoms with Crippen molar-refractivity contribution in [3.8, 4) is 17.2 Å². The van der Waals surface area contributed by atoms with E-state index >= 15 is 0 Å². The maximum atomic E-state index is 12.5. The van der Waals surface area contributed by atoms with Crippen molar-refractivity contribution in [1.29, 1.82) is 0 Å². The molecule has 0 saturated heterocycles. The Bertz CT molecular complexity index is 458. The van der Waals surface area contributed by atoms with Crippen LogP contribution in [0.25, 0.3) is 0 Å². The van der Waals surface area contributed by atoms with Crippen LogP contribution < -0.4 is 15.1 Å². The number of rotatable bonds is 11. The van der Waals surface area contributed by atoms with Gasteiger partial charge in [-0.2, -0.15) is 0 Å². The van der Waals surface area contributed by atoms with E-state index < -0.39 is 7.26 Å². The summed E-state index contributed by atoms with van der Waals surface area (Å²) in [6, 6.07) is 2.76. The van der Waals surface area contributed by atoms with Gasteiger partial charge in [0.1, 0.15) is 0 Å². The van der Waals surface area contributed by atoms with Crippen LogP contribution in [0.2, 0.25) is 0 Å². The SMILES string of the molecule is COc1cc([O-])c([P+](CCCO)(CCCO)CCCO)cc1O. The van der Waals surface area contributed by atoms with Crippen molar-refractivity contribution in [2.75, 3.05) is 45.4 Å². The van der Waals surface area contributed by atoms with Gasteiger partial charge in [0, 0.05) is 52.4 Å². The number of hydrogen-bond donors (Lipinski definition) is 4. The van der Waals surface area contributed by atoms with E-state index in [9.17, 15) is 25.5 Å². The zero-order valence-corrected chi connectivity index (χ0v) is 14.5. The Morgan fingerprint density at radius 2 is 1.43 bits per heavy atom. The smallest absolute Gasteiger partial charge is 0.161 e. The molecule has 7 heteroatoms. The van der Waals surface area contributed by atoms with Crippen LogP contribution in [0.1, 0.15) is 19.3 Å². The molecule has 0 heterocycles. The van der Waals surface area contributed by atoms with Crippen molar-refractivity contribution in [3.63, 3.8) is 0 Å². The fourth-order valence-corrected chi connectivity index (χ4v) is 7.45. The predicted octanol–water partition coefficient (Wildman–Crippen LogP) is 0.264. The Kier molecular flexibility index (Phi) is 8.63. The number of aromatic hydroxyl groups is 1. The van der Waals surface area contributed by atoms with Crippen LogP contribution in [0.15, 0.2) is 12.1 Å². The van der Waals surface area contributed by atoms with Crippen molar-refractivity contribution >= 4 is 12.6 Å². The van der Waals surface area contributed by atoms with Crippen molar-refractivity contribution in [2.24, 2.45) is 0 Å². The quantitative estimate of drug-likeness (QED) is 0.428. The van der Waals surface area contributed by atoms with Gasteiger partial charge in [0.2, 0.25) is 0 Å². The number of hydrogen-bond acceptors (Lipinski definition) is 6. The molecule has 6 nitrogen and oxygen atoms in total. The molecule has 0 amide bonds. The lowest BCUT2D eigenvalue weighted by molar-refractivity contribution is -0.266. The normalized spacial score (nSPS) is 11.7. The van der Waals surface area contributed by atoms with E-state index in [2.05, 4.69) is 0 Å². The highest BCUT2D eigenvalue weighted by Crippen LogP contribution is 2.61. The molecule has 0 unspecified atom stereocenters. The van der Waals surface area contributed by atoms with Gasteiger partial charge < -0.3 is 30.3 Å². The monoisotopic (exact) mass is 346 g/mol. The van der Waals surface area contributed by atoms with Gasteiger partial charge in [0.15, 0.2) is 11.5 Å². The van der Waals surface area contributed by atoms with Crippen LogP contribution in [0, 0.1) is 0 Å². The fourth-order valence-electron chi connectivity index (χ4n) is 2.89. The summed E-state index contributed by atoms with van der Waals surface area (Å²) in [6.07, 6.45) is 3.63. The summed E-state index contributed by atoms with van der Waals surface area (Å²) >= 11 is 0. The molecule has 0 aliphatic carbocycles. The number of benzene rings is 1. The van der Waals surface area contributed by atoms with Crippen LogP contribution in [-0.4, -0.2) is 65.8 Å². The number of phenolic OH excluding ortho intramolecular Hbond substituents is 1. The number of aliphatic hydroxyl groups is 3. The van der Waals surface area contributed by atoms with Crippen molar-refractivity contribution in [1.82, 2.24) is 0 Å². The Hall–Kier alpha value is -1.07. The van der Waals surface area contributed by atoms with E-state index in [1.807, 2.05) is 0 Å². The molecular formula is C16H27O6P. The van der Waals surface area contributed by atoms with Gasteiger partial charge in [0.25, 0.3) is 0 Å². The first-order chi connectivity index (χ1) is 11.0. The number of phenols is 1. The van der Waals surface area contributed by atoms with E-state index in [1.165, 1.54) is 19.2 Å². The molecule has 1 rings (SSSR count). The van der Waals surface area contributed by atoms with Crippen LogP contribution in [-0.2, 0) is 0 Å². The van der Waals surface area contributed by atoms with Gasteiger partial charge in [-0.15, -0.1) is 0 Å². The summed E-state index contributed by atoms with van der Waals surface area (Å²) in [6.45, 7) is 0.0724. The highest BCUT2D eigenvalue weighted by atomic mass is 31.2.